The SMILES string of the molecule is CC.CCN(CC1CCCC1)c1nc2ccccc2cc1CN(Cc1cc(C(F)(F)F)cc(C(F)(F)F)c1)c1ncccn1. The Morgan fingerprint density at radius 2 is 1.39 bits per heavy atom. The van der Waals surface area contributed by atoms with Crippen molar-refractivity contribution in [2.75, 3.05) is 22.9 Å². The van der Waals surface area contributed by atoms with Crippen LogP contribution in [0.5, 0.6) is 0 Å². The molecule has 5 rings (SSSR count). The summed E-state index contributed by atoms with van der Waals surface area (Å²) in [6.45, 7) is 7.40. The molecule has 4 aromatic rings. The molecule has 0 amide bonds. The Bertz CT molecular complexity index is 1470. The molecule has 0 radical (unpaired) electrons. The Labute approximate surface area is 254 Å². The van der Waals surface area contributed by atoms with Crippen molar-refractivity contribution in [3.8, 4) is 0 Å². The number of rotatable bonds is 9. The van der Waals surface area contributed by atoms with Gasteiger partial charge in [-0.2, -0.15) is 26.3 Å². The fourth-order valence-corrected chi connectivity index (χ4v) is 5.60. The number of aromatic nitrogens is 3. The van der Waals surface area contributed by atoms with Gasteiger partial charge in [0.1, 0.15) is 5.82 Å². The van der Waals surface area contributed by atoms with E-state index in [1.165, 1.54) is 25.2 Å². The minimum atomic E-state index is -4.94. The van der Waals surface area contributed by atoms with E-state index in [1.807, 2.05) is 44.2 Å². The molecule has 236 valence electrons. The monoisotopic (exact) mass is 617 g/mol. The van der Waals surface area contributed by atoms with Crippen molar-refractivity contribution in [3.05, 3.63) is 89.2 Å². The third kappa shape index (κ3) is 8.18. The zero-order valence-corrected chi connectivity index (χ0v) is 25.1. The number of anilines is 2. The van der Waals surface area contributed by atoms with Crippen molar-refractivity contribution in [2.45, 2.75) is 71.9 Å². The van der Waals surface area contributed by atoms with Gasteiger partial charge in [0.15, 0.2) is 0 Å². The van der Waals surface area contributed by atoms with Gasteiger partial charge in [-0.3, -0.25) is 0 Å². The summed E-state index contributed by atoms with van der Waals surface area (Å²) in [5, 5.41) is 0.875. The number of benzene rings is 2. The lowest BCUT2D eigenvalue weighted by atomic mass is 10.0. The highest BCUT2D eigenvalue weighted by atomic mass is 19.4. The largest absolute Gasteiger partial charge is 0.416 e. The molecule has 0 atom stereocenters. The molecule has 5 nitrogen and oxygen atoms in total. The predicted octanol–water partition coefficient (Wildman–Crippen LogP) is 9.31. The van der Waals surface area contributed by atoms with Crippen LogP contribution in [-0.4, -0.2) is 28.0 Å². The van der Waals surface area contributed by atoms with Gasteiger partial charge in [0.05, 0.1) is 16.6 Å². The van der Waals surface area contributed by atoms with Gasteiger partial charge in [0.2, 0.25) is 5.95 Å². The summed E-state index contributed by atoms with van der Waals surface area (Å²) in [5.74, 6) is 1.45. The van der Waals surface area contributed by atoms with Crippen molar-refractivity contribution in [3.63, 3.8) is 0 Å². The van der Waals surface area contributed by atoms with Gasteiger partial charge in [-0.25, -0.2) is 15.0 Å². The predicted molar refractivity (Wildman–Crippen MR) is 161 cm³/mol. The smallest absolute Gasteiger partial charge is 0.356 e. The Morgan fingerprint density at radius 1 is 0.773 bits per heavy atom. The number of hydrogen-bond donors (Lipinski definition) is 0. The van der Waals surface area contributed by atoms with Gasteiger partial charge in [-0.05, 0) is 67.6 Å². The minimum absolute atomic E-state index is 0.121. The highest BCUT2D eigenvalue weighted by Gasteiger charge is 2.37. The summed E-state index contributed by atoms with van der Waals surface area (Å²) in [7, 11) is 0. The van der Waals surface area contributed by atoms with E-state index in [4.69, 9.17) is 4.98 Å². The lowest BCUT2D eigenvalue weighted by Gasteiger charge is -2.30. The molecule has 0 N–H and O–H groups in total. The molecule has 0 spiro atoms. The second-order valence-electron chi connectivity index (χ2n) is 10.7. The van der Waals surface area contributed by atoms with Crippen LogP contribution >= 0.6 is 0 Å². The van der Waals surface area contributed by atoms with Gasteiger partial charge in [-0.1, -0.05) is 44.9 Å². The van der Waals surface area contributed by atoms with Gasteiger partial charge in [-0.15, -0.1) is 0 Å². The Balaban J connectivity index is 0.00000216. The van der Waals surface area contributed by atoms with E-state index in [0.717, 1.165) is 53.8 Å². The van der Waals surface area contributed by atoms with E-state index in [2.05, 4.69) is 21.8 Å². The molecule has 1 aliphatic carbocycles. The molecular weight excluding hydrogens is 580 g/mol. The number of pyridine rings is 1. The molecular formula is C33H37F6N5. The summed E-state index contributed by atoms with van der Waals surface area (Å²) < 4.78 is 81.7. The third-order valence-corrected chi connectivity index (χ3v) is 7.63. The first kappa shape index (κ1) is 33.0. The highest BCUT2D eigenvalue weighted by molar-refractivity contribution is 5.82. The first-order valence-electron chi connectivity index (χ1n) is 14.9. The number of alkyl halides is 6. The average molecular weight is 618 g/mol. The molecule has 2 aromatic heterocycles. The molecule has 11 heteroatoms. The van der Waals surface area contributed by atoms with Crippen molar-refractivity contribution in [1.29, 1.82) is 0 Å². The number of hydrogen-bond acceptors (Lipinski definition) is 5. The minimum Gasteiger partial charge on any atom is -0.356 e. The van der Waals surface area contributed by atoms with Gasteiger partial charge < -0.3 is 9.80 Å². The maximum absolute atomic E-state index is 13.6. The fraction of sp³-hybridized carbons (Fsp3) is 0.424. The third-order valence-electron chi connectivity index (χ3n) is 7.63. The quantitative estimate of drug-likeness (QED) is 0.175. The van der Waals surface area contributed by atoms with E-state index < -0.39 is 23.5 Å². The summed E-state index contributed by atoms with van der Waals surface area (Å²) >= 11 is 0. The van der Waals surface area contributed by atoms with Crippen LogP contribution < -0.4 is 9.80 Å². The second kappa shape index (κ2) is 14.3. The summed E-state index contributed by atoms with van der Waals surface area (Å²) in [6.07, 6.45) is -2.25. The molecule has 0 unspecified atom stereocenters. The Morgan fingerprint density at radius 3 is 1.98 bits per heavy atom. The van der Waals surface area contributed by atoms with Crippen LogP contribution in [0.3, 0.4) is 0 Å². The molecule has 1 saturated carbocycles. The van der Waals surface area contributed by atoms with E-state index >= 15 is 0 Å². The molecule has 0 aliphatic heterocycles. The zero-order chi connectivity index (χ0) is 31.9. The molecule has 2 aromatic carbocycles. The van der Waals surface area contributed by atoms with Crippen LogP contribution in [0.1, 0.15) is 68.7 Å². The normalized spacial score (nSPS) is 13.9. The lowest BCUT2D eigenvalue weighted by molar-refractivity contribution is -0.143. The van der Waals surface area contributed by atoms with Gasteiger partial charge >= 0.3 is 12.4 Å². The van der Waals surface area contributed by atoms with Crippen LogP contribution in [-0.2, 0) is 25.4 Å². The molecule has 1 fully saturated rings. The molecule has 1 aliphatic rings. The van der Waals surface area contributed by atoms with E-state index in [1.54, 1.807) is 11.0 Å². The summed E-state index contributed by atoms with van der Waals surface area (Å²) in [4.78, 5) is 17.4. The molecule has 44 heavy (non-hydrogen) atoms. The van der Waals surface area contributed by atoms with Crippen LogP contribution in [0.25, 0.3) is 10.9 Å². The van der Waals surface area contributed by atoms with E-state index in [0.29, 0.717) is 12.5 Å². The Kier molecular flexibility index (Phi) is 10.7. The second-order valence-corrected chi connectivity index (χ2v) is 10.7. The number of nitrogens with zero attached hydrogens (tertiary/aromatic N) is 5. The van der Waals surface area contributed by atoms with E-state index in [9.17, 15) is 26.3 Å². The first-order valence-corrected chi connectivity index (χ1v) is 14.9. The molecule has 0 bridgehead atoms. The lowest BCUT2D eigenvalue weighted by Crippen LogP contribution is -2.32. The van der Waals surface area contributed by atoms with Gasteiger partial charge in [0, 0.05) is 49.5 Å². The zero-order valence-electron chi connectivity index (χ0n) is 25.1. The number of halogens is 6. The molecule has 2 heterocycles. The molecule has 0 saturated heterocycles. The van der Waals surface area contributed by atoms with Crippen LogP contribution in [0.15, 0.2) is 67.0 Å². The Hall–Kier alpha value is -3.89. The van der Waals surface area contributed by atoms with Crippen LogP contribution in [0.4, 0.5) is 38.1 Å². The van der Waals surface area contributed by atoms with Crippen LogP contribution in [0, 0.1) is 5.92 Å². The number of fused-ring (bicyclic) bond motifs is 1. The summed E-state index contributed by atoms with van der Waals surface area (Å²) in [6, 6.07) is 12.9. The van der Waals surface area contributed by atoms with E-state index in [-0.39, 0.29) is 30.7 Å². The maximum Gasteiger partial charge on any atom is 0.416 e. The van der Waals surface area contributed by atoms with Crippen molar-refractivity contribution in [1.82, 2.24) is 15.0 Å². The standard InChI is InChI=1S/C31H31F6N5.C2H6/c1-2-41(18-21-8-3-4-9-21)28-24(16-23-10-5-6-11-27(23)40-28)20-42(29-38-12-7-13-39-29)19-22-14-25(30(32,33)34)17-26(15-22)31(35,36)37;1-2/h5-7,10-17,21H,2-4,8-9,18-20H2,1H3;1-2H3. The number of para-hydroxylation sites is 1. The van der Waals surface area contributed by atoms with Gasteiger partial charge in [0.25, 0.3) is 0 Å². The van der Waals surface area contributed by atoms with Crippen molar-refractivity contribution < 1.29 is 26.3 Å². The highest BCUT2D eigenvalue weighted by Crippen LogP contribution is 2.37. The summed E-state index contributed by atoms with van der Waals surface area (Å²) in [5.41, 5.74) is -1.29. The maximum atomic E-state index is 13.6. The van der Waals surface area contributed by atoms with Crippen molar-refractivity contribution in [2.24, 2.45) is 5.92 Å². The fourth-order valence-electron chi connectivity index (χ4n) is 5.60. The van der Waals surface area contributed by atoms with Crippen LogP contribution in [0.2, 0.25) is 0 Å². The van der Waals surface area contributed by atoms with Crippen molar-refractivity contribution >= 4 is 22.7 Å². The average Bonchev–Trinajstić information content (AvgIpc) is 3.53. The first-order chi connectivity index (χ1) is 21.0. The topological polar surface area (TPSA) is 45.2 Å².